The second-order valence-electron chi connectivity index (χ2n) is 6.93. The highest BCUT2D eigenvalue weighted by atomic mass is 35.5. The summed E-state index contributed by atoms with van der Waals surface area (Å²) in [6.07, 6.45) is 6.42. The van der Waals surface area contributed by atoms with Crippen molar-refractivity contribution in [2.75, 3.05) is 13.7 Å². The summed E-state index contributed by atoms with van der Waals surface area (Å²) in [4.78, 5) is 15.0. The van der Waals surface area contributed by atoms with Gasteiger partial charge in [-0.05, 0) is 55.4 Å². The van der Waals surface area contributed by atoms with Crippen molar-refractivity contribution >= 4 is 17.5 Å². The second-order valence-corrected chi connectivity index (χ2v) is 7.34. The van der Waals surface area contributed by atoms with E-state index in [1.165, 1.54) is 5.56 Å². The van der Waals surface area contributed by atoms with Gasteiger partial charge in [0.15, 0.2) is 0 Å². The number of aromatic nitrogens is 2. The van der Waals surface area contributed by atoms with Crippen LogP contribution in [0, 0.1) is 5.92 Å². The molecule has 1 aliphatic heterocycles. The predicted octanol–water partition coefficient (Wildman–Crippen LogP) is 3.02. The Kier molecular flexibility index (Phi) is 4.42. The van der Waals surface area contributed by atoms with E-state index >= 15 is 0 Å². The normalized spacial score (nSPS) is 23.0. The molecule has 1 saturated heterocycles. The van der Waals surface area contributed by atoms with Gasteiger partial charge in [-0.1, -0.05) is 17.7 Å². The van der Waals surface area contributed by atoms with E-state index in [9.17, 15) is 4.79 Å². The number of carbonyl (C=O) groups is 1. The maximum absolute atomic E-state index is 12.9. The quantitative estimate of drug-likeness (QED) is 0.912. The molecule has 1 N–H and O–H groups in total. The first kappa shape index (κ1) is 16.5. The van der Waals surface area contributed by atoms with E-state index in [0.717, 1.165) is 49.2 Å². The average Bonchev–Trinajstić information content (AvgIpc) is 3.23. The summed E-state index contributed by atoms with van der Waals surface area (Å²) in [7, 11) is 1.62. The van der Waals surface area contributed by atoms with E-state index in [0.29, 0.717) is 17.5 Å². The van der Waals surface area contributed by atoms with Crippen LogP contribution in [0.15, 0.2) is 24.4 Å². The smallest absolute Gasteiger partial charge is 0.226 e. The minimum Gasteiger partial charge on any atom is -0.497 e. The van der Waals surface area contributed by atoms with Crippen molar-refractivity contribution in [1.29, 1.82) is 0 Å². The summed E-state index contributed by atoms with van der Waals surface area (Å²) >= 11 is 6.35. The zero-order chi connectivity index (χ0) is 17.4. The number of rotatable bonds is 4. The number of likely N-dealkylation sites (tertiary alicyclic amines) is 1. The summed E-state index contributed by atoms with van der Waals surface area (Å²) in [5, 5.41) is 7.89. The van der Waals surface area contributed by atoms with Gasteiger partial charge in [0.05, 0.1) is 12.8 Å². The molecule has 4 rings (SSSR count). The third-order valence-corrected chi connectivity index (χ3v) is 5.85. The molecule has 2 atom stereocenters. The molecule has 5 nitrogen and oxygen atoms in total. The lowest BCUT2D eigenvalue weighted by Crippen LogP contribution is -2.41. The van der Waals surface area contributed by atoms with Crippen molar-refractivity contribution in [2.24, 2.45) is 5.92 Å². The highest BCUT2D eigenvalue weighted by molar-refractivity contribution is 6.31. The van der Waals surface area contributed by atoms with Crippen LogP contribution in [-0.4, -0.2) is 40.7 Å². The molecule has 1 amide bonds. The largest absolute Gasteiger partial charge is 0.497 e. The van der Waals surface area contributed by atoms with E-state index < -0.39 is 0 Å². The van der Waals surface area contributed by atoms with Crippen molar-refractivity contribution in [3.63, 3.8) is 0 Å². The van der Waals surface area contributed by atoms with Crippen molar-refractivity contribution in [3.8, 4) is 5.75 Å². The number of nitrogens with zero attached hydrogens (tertiary/aromatic N) is 2. The Bertz CT molecular complexity index is 789. The number of aromatic amines is 1. The first-order valence-electron chi connectivity index (χ1n) is 8.80. The summed E-state index contributed by atoms with van der Waals surface area (Å²) in [5.74, 6) is 1.03. The van der Waals surface area contributed by atoms with E-state index in [-0.39, 0.29) is 11.8 Å². The maximum Gasteiger partial charge on any atom is 0.226 e. The van der Waals surface area contributed by atoms with Crippen molar-refractivity contribution in [1.82, 2.24) is 15.1 Å². The number of nitrogens with one attached hydrogen (secondary N) is 1. The van der Waals surface area contributed by atoms with E-state index in [1.54, 1.807) is 7.11 Å². The molecule has 2 unspecified atom stereocenters. The number of methoxy groups -OCH3 is 1. The summed E-state index contributed by atoms with van der Waals surface area (Å²) in [6, 6.07) is 5.99. The van der Waals surface area contributed by atoms with Gasteiger partial charge in [0.2, 0.25) is 5.91 Å². The van der Waals surface area contributed by atoms with Crippen LogP contribution in [0.3, 0.4) is 0 Å². The molecule has 1 aliphatic carbocycles. The predicted molar refractivity (Wildman–Crippen MR) is 95.9 cm³/mol. The molecule has 1 aromatic heterocycles. The maximum atomic E-state index is 12.9. The molecule has 132 valence electrons. The number of fused-ring (bicyclic) bond motifs is 1. The molecule has 2 aromatic rings. The van der Waals surface area contributed by atoms with Gasteiger partial charge in [-0.15, -0.1) is 0 Å². The molecule has 2 aliphatic rings. The number of aryl methyl sites for hydroxylation is 1. The van der Waals surface area contributed by atoms with Crippen LogP contribution in [0.4, 0.5) is 0 Å². The third kappa shape index (κ3) is 3.13. The Morgan fingerprint density at radius 1 is 1.40 bits per heavy atom. The number of benzene rings is 1. The van der Waals surface area contributed by atoms with Crippen LogP contribution >= 0.6 is 11.6 Å². The van der Waals surface area contributed by atoms with Crippen molar-refractivity contribution in [3.05, 3.63) is 46.2 Å². The molecule has 0 radical (unpaired) electrons. The minimum atomic E-state index is 0.0247. The van der Waals surface area contributed by atoms with E-state index in [1.807, 2.05) is 24.4 Å². The first-order chi connectivity index (χ1) is 12.2. The second kappa shape index (κ2) is 6.71. The van der Waals surface area contributed by atoms with Crippen LogP contribution in [0.25, 0.3) is 0 Å². The van der Waals surface area contributed by atoms with Crippen LogP contribution in [0.5, 0.6) is 5.75 Å². The van der Waals surface area contributed by atoms with Gasteiger partial charge in [0, 0.05) is 29.7 Å². The number of H-pyrrole nitrogens is 1. The van der Waals surface area contributed by atoms with Crippen LogP contribution < -0.4 is 4.74 Å². The lowest BCUT2D eigenvalue weighted by Gasteiger charge is -2.31. The number of hydrogen-bond acceptors (Lipinski definition) is 3. The topological polar surface area (TPSA) is 58.2 Å². The van der Waals surface area contributed by atoms with Gasteiger partial charge in [-0.3, -0.25) is 9.89 Å². The Morgan fingerprint density at radius 3 is 3.08 bits per heavy atom. The molecule has 0 saturated carbocycles. The lowest BCUT2D eigenvalue weighted by molar-refractivity contribution is -0.133. The molecule has 1 fully saturated rings. The zero-order valence-corrected chi connectivity index (χ0v) is 15.1. The minimum absolute atomic E-state index is 0.0247. The fourth-order valence-electron chi connectivity index (χ4n) is 4.06. The Morgan fingerprint density at radius 2 is 2.28 bits per heavy atom. The van der Waals surface area contributed by atoms with Gasteiger partial charge in [0.25, 0.3) is 0 Å². The standard InChI is InChI=1S/C19H22ClN3O2/c1-25-16-4-2-12(17(20)10-16)8-13-6-7-23(19(13)24)15-3-5-18-14(9-15)11-21-22-18/h2,4,10-11,13,15H,3,5-9H2,1H3,(H,21,22). The molecule has 6 heteroatoms. The monoisotopic (exact) mass is 359 g/mol. The van der Waals surface area contributed by atoms with Gasteiger partial charge in [-0.2, -0.15) is 5.10 Å². The van der Waals surface area contributed by atoms with Crippen molar-refractivity contribution < 1.29 is 9.53 Å². The number of ether oxygens (including phenoxy) is 1. The van der Waals surface area contributed by atoms with Gasteiger partial charge >= 0.3 is 0 Å². The number of carbonyl (C=O) groups excluding carboxylic acids is 1. The fraction of sp³-hybridized carbons (Fsp3) is 0.474. The molecular formula is C19H22ClN3O2. The average molecular weight is 360 g/mol. The Labute approximate surface area is 152 Å². The van der Waals surface area contributed by atoms with E-state index in [4.69, 9.17) is 16.3 Å². The van der Waals surface area contributed by atoms with Crippen molar-refractivity contribution in [2.45, 2.75) is 38.1 Å². The molecular weight excluding hydrogens is 338 g/mol. The molecule has 25 heavy (non-hydrogen) atoms. The van der Waals surface area contributed by atoms with Gasteiger partial charge in [0.1, 0.15) is 5.75 Å². The molecule has 2 heterocycles. The summed E-state index contributed by atoms with van der Waals surface area (Å²) in [5.41, 5.74) is 3.43. The lowest BCUT2D eigenvalue weighted by atomic mass is 9.92. The molecule has 1 aromatic carbocycles. The van der Waals surface area contributed by atoms with Gasteiger partial charge in [-0.25, -0.2) is 0 Å². The molecule has 0 spiro atoms. The number of amides is 1. The first-order valence-corrected chi connectivity index (χ1v) is 9.18. The van der Waals surface area contributed by atoms with E-state index in [2.05, 4.69) is 15.1 Å². The summed E-state index contributed by atoms with van der Waals surface area (Å²) in [6.45, 7) is 0.842. The number of halogens is 1. The zero-order valence-electron chi connectivity index (χ0n) is 14.3. The van der Waals surface area contributed by atoms with Crippen LogP contribution in [0.2, 0.25) is 5.02 Å². The van der Waals surface area contributed by atoms with Gasteiger partial charge < -0.3 is 9.64 Å². The van der Waals surface area contributed by atoms with Crippen LogP contribution in [-0.2, 0) is 24.1 Å². The van der Waals surface area contributed by atoms with Crippen LogP contribution in [0.1, 0.15) is 29.7 Å². The molecule has 0 bridgehead atoms. The Balaban J connectivity index is 1.44. The SMILES string of the molecule is COc1ccc(CC2CCN(C3CCc4n[nH]cc4C3)C2=O)c(Cl)c1. The Hall–Kier alpha value is -2.01. The third-order valence-electron chi connectivity index (χ3n) is 5.50. The fourth-order valence-corrected chi connectivity index (χ4v) is 4.31. The highest BCUT2D eigenvalue weighted by Gasteiger charge is 2.37. The number of hydrogen-bond donors (Lipinski definition) is 1. The highest BCUT2D eigenvalue weighted by Crippen LogP contribution is 2.32. The summed E-state index contributed by atoms with van der Waals surface area (Å²) < 4.78 is 5.19.